The summed E-state index contributed by atoms with van der Waals surface area (Å²) in [6.07, 6.45) is 0. The number of aryl methyl sites for hydroxylation is 1. The van der Waals surface area contributed by atoms with Gasteiger partial charge in [0.05, 0.1) is 5.92 Å². The molecule has 0 radical (unpaired) electrons. The average molecular weight is 312 g/mol. The molecule has 0 aliphatic heterocycles. The molecule has 4 rings (SSSR count). The number of nitrogens with zero attached hydrogens (tertiary/aromatic N) is 1. The highest BCUT2D eigenvalue weighted by Crippen LogP contribution is 2.49. The highest BCUT2D eigenvalue weighted by atomic mass is 15.0. The van der Waals surface area contributed by atoms with E-state index in [1.54, 1.807) is 0 Å². The van der Waals surface area contributed by atoms with Crippen molar-refractivity contribution >= 4 is 11.1 Å². The van der Waals surface area contributed by atoms with E-state index in [9.17, 15) is 0 Å². The van der Waals surface area contributed by atoms with Gasteiger partial charge < -0.3 is 0 Å². The largest absolute Gasteiger partial charge is 0.202 e. The molecule has 1 aliphatic rings. The molecule has 1 aromatic heterocycles. The normalized spacial score (nSPS) is 15.6. The van der Waals surface area contributed by atoms with Crippen LogP contribution in [0.15, 0.2) is 72.8 Å². The van der Waals surface area contributed by atoms with Gasteiger partial charge in [0.25, 0.3) is 0 Å². The Balaban J connectivity index is 2.01. The van der Waals surface area contributed by atoms with Gasteiger partial charge in [0.2, 0.25) is 0 Å². The van der Waals surface area contributed by atoms with Crippen LogP contribution in [-0.4, -0.2) is 0 Å². The maximum absolute atomic E-state index is 2.33. The first-order valence-electron chi connectivity index (χ1n) is 8.53. The van der Waals surface area contributed by atoms with Crippen molar-refractivity contribution in [1.29, 1.82) is 0 Å². The molecule has 0 N–H and O–H groups in total. The Kier molecular flexibility index (Phi) is 3.57. The summed E-state index contributed by atoms with van der Waals surface area (Å²) in [5.41, 5.74) is 9.53. The van der Waals surface area contributed by atoms with E-state index in [0.29, 0.717) is 5.92 Å². The predicted molar refractivity (Wildman–Crippen MR) is 99.6 cm³/mol. The van der Waals surface area contributed by atoms with Crippen LogP contribution in [0.25, 0.3) is 11.1 Å². The quantitative estimate of drug-likeness (QED) is 0.593. The van der Waals surface area contributed by atoms with E-state index in [4.69, 9.17) is 0 Å². The average Bonchev–Trinajstić information content (AvgIpc) is 2.63. The number of allylic oxidation sites excluding steroid dienone is 1. The monoisotopic (exact) mass is 312 g/mol. The molecule has 0 bridgehead atoms. The summed E-state index contributed by atoms with van der Waals surface area (Å²) in [4.78, 5) is 0. The molecule has 24 heavy (non-hydrogen) atoms. The second-order valence-electron chi connectivity index (χ2n) is 6.58. The molecule has 118 valence electrons. The van der Waals surface area contributed by atoms with Crippen LogP contribution in [0.5, 0.6) is 0 Å². The van der Waals surface area contributed by atoms with E-state index < -0.39 is 0 Å². The molecule has 0 amide bonds. The summed E-state index contributed by atoms with van der Waals surface area (Å²) in [5, 5.41) is 0. The van der Waals surface area contributed by atoms with E-state index in [1.165, 1.54) is 39.2 Å². The lowest BCUT2D eigenvalue weighted by Gasteiger charge is -2.31. The lowest BCUT2D eigenvalue weighted by molar-refractivity contribution is -0.687. The number of benzene rings is 2. The SMILES string of the molecule is Cc1ccc2c([n+]1C)C(C)C2=C(c1ccccc1)c1ccccc1. The Morgan fingerprint density at radius 1 is 0.792 bits per heavy atom. The van der Waals surface area contributed by atoms with Crippen LogP contribution in [0.1, 0.15) is 40.9 Å². The summed E-state index contributed by atoms with van der Waals surface area (Å²) < 4.78 is 2.33. The third-order valence-corrected chi connectivity index (χ3v) is 5.19. The maximum Gasteiger partial charge on any atom is 0.196 e. The van der Waals surface area contributed by atoms with Crippen molar-refractivity contribution < 1.29 is 4.57 Å². The summed E-state index contributed by atoms with van der Waals surface area (Å²) in [5.74, 6) is 0.445. The summed E-state index contributed by atoms with van der Waals surface area (Å²) in [6, 6.07) is 26.0. The minimum Gasteiger partial charge on any atom is -0.202 e. The smallest absolute Gasteiger partial charge is 0.196 e. The van der Waals surface area contributed by atoms with E-state index in [0.717, 1.165) is 0 Å². The Labute approximate surface area is 143 Å². The van der Waals surface area contributed by atoms with Crippen LogP contribution >= 0.6 is 0 Å². The van der Waals surface area contributed by atoms with Crippen molar-refractivity contribution in [2.45, 2.75) is 19.8 Å². The zero-order valence-electron chi connectivity index (χ0n) is 14.5. The molecule has 1 heteroatoms. The number of hydrogen-bond donors (Lipinski definition) is 0. The van der Waals surface area contributed by atoms with E-state index in [-0.39, 0.29) is 0 Å². The van der Waals surface area contributed by atoms with Gasteiger partial charge in [0, 0.05) is 18.6 Å². The van der Waals surface area contributed by atoms with Crippen LogP contribution in [-0.2, 0) is 7.05 Å². The van der Waals surface area contributed by atoms with Crippen molar-refractivity contribution in [3.05, 3.63) is 101 Å². The van der Waals surface area contributed by atoms with Crippen molar-refractivity contribution in [3.63, 3.8) is 0 Å². The molecular weight excluding hydrogens is 290 g/mol. The number of fused-ring (bicyclic) bond motifs is 1. The summed E-state index contributed by atoms with van der Waals surface area (Å²) in [6.45, 7) is 4.49. The molecule has 0 saturated heterocycles. The van der Waals surface area contributed by atoms with Gasteiger partial charge in [0.15, 0.2) is 11.4 Å². The van der Waals surface area contributed by atoms with Crippen LogP contribution < -0.4 is 4.57 Å². The molecule has 1 unspecified atom stereocenters. The summed E-state index contributed by atoms with van der Waals surface area (Å²) in [7, 11) is 2.17. The number of aromatic nitrogens is 1. The van der Waals surface area contributed by atoms with Crippen LogP contribution in [0, 0.1) is 6.92 Å². The molecule has 0 saturated carbocycles. The van der Waals surface area contributed by atoms with Gasteiger partial charge in [-0.3, -0.25) is 0 Å². The van der Waals surface area contributed by atoms with Crippen molar-refractivity contribution in [2.24, 2.45) is 7.05 Å². The number of pyridine rings is 1. The van der Waals surface area contributed by atoms with Gasteiger partial charge >= 0.3 is 0 Å². The Hall–Kier alpha value is -2.67. The van der Waals surface area contributed by atoms with Gasteiger partial charge in [-0.25, -0.2) is 4.57 Å². The first kappa shape index (κ1) is 14.9. The standard InChI is InChI=1S/C23H22N/c1-16-14-15-20-21(17(2)23(20)24(16)3)22(18-10-6-4-7-11-18)19-12-8-5-9-13-19/h4-15,17H,1-3H3/q+1. The molecule has 1 nitrogen and oxygen atoms in total. The Morgan fingerprint density at radius 2 is 1.33 bits per heavy atom. The Bertz CT molecular complexity index is 880. The van der Waals surface area contributed by atoms with Crippen molar-refractivity contribution in [1.82, 2.24) is 0 Å². The minimum atomic E-state index is 0.445. The molecule has 2 aromatic carbocycles. The zero-order valence-corrected chi connectivity index (χ0v) is 14.5. The lowest BCUT2D eigenvalue weighted by atomic mass is 9.72. The van der Waals surface area contributed by atoms with E-state index in [2.05, 4.69) is 98.3 Å². The number of rotatable bonds is 2. The zero-order chi connectivity index (χ0) is 16.7. The molecule has 0 spiro atoms. The molecule has 1 aliphatic carbocycles. The highest BCUT2D eigenvalue weighted by Gasteiger charge is 2.39. The minimum absolute atomic E-state index is 0.445. The van der Waals surface area contributed by atoms with Crippen molar-refractivity contribution in [2.75, 3.05) is 0 Å². The van der Waals surface area contributed by atoms with Crippen molar-refractivity contribution in [3.8, 4) is 0 Å². The number of hydrogen-bond acceptors (Lipinski definition) is 0. The van der Waals surface area contributed by atoms with Crippen LogP contribution in [0.3, 0.4) is 0 Å². The molecule has 1 atom stereocenters. The first-order valence-corrected chi connectivity index (χ1v) is 8.53. The fraction of sp³-hybridized carbons (Fsp3) is 0.174. The Morgan fingerprint density at radius 3 is 1.88 bits per heavy atom. The van der Waals surface area contributed by atoms with Gasteiger partial charge in [-0.2, -0.15) is 0 Å². The fourth-order valence-electron chi connectivity index (χ4n) is 3.85. The molecular formula is C23H22N+. The van der Waals surface area contributed by atoms with Crippen LogP contribution in [0.2, 0.25) is 0 Å². The third kappa shape index (κ3) is 2.20. The van der Waals surface area contributed by atoms with Crippen LogP contribution in [0.4, 0.5) is 0 Å². The molecule has 1 heterocycles. The second-order valence-corrected chi connectivity index (χ2v) is 6.58. The lowest BCUT2D eigenvalue weighted by Crippen LogP contribution is -2.43. The predicted octanol–water partition coefficient (Wildman–Crippen LogP) is 4.90. The van der Waals surface area contributed by atoms with Gasteiger partial charge in [-0.05, 0) is 35.3 Å². The third-order valence-electron chi connectivity index (χ3n) is 5.19. The highest BCUT2D eigenvalue weighted by molar-refractivity contribution is 6.04. The maximum atomic E-state index is 2.33. The van der Waals surface area contributed by atoms with Gasteiger partial charge in [0.1, 0.15) is 7.05 Å². The first-order chi connectivity index (χ1) is 11.7. The van der Waals surface area contributed by atoms with E-state index in [1.807, 2.05) is 0 Å². The van der Waals surface area contributed by atoms with E-state index >= 15 is 0 Å². The summed E-state index contributed by atoms with van der Waals surface area (Å²) >= 11 is 0. The fourth-order valence-corrected chi connectivity index (χ4v) is 3.85. The molecule has 0 fully saturated rings. The topological polar surface area (TPSA) is 3.88 Å². The second kappa shape index (κ2) is 5.76. The van der Waals surface area contributed by atoms with Gasteiger partial charge in [-0.1, -0.05) is 60.7 Å². The molecule has 3 aromatic rings. The van der Waals surface area contributed by atoms with Gasteiger partial charge in [-0.15, -0.1) is 0 Å².